The molecule has 4 aromatic heterocycles. The van der Waals surface area contributed by atoms with E-state index in [1.807, 2.05) is 13.8 Å². The maximum absolute atomic E-state index is 6.39. The summed E-state index contributed by atoms with van der Waals surface area (Å²) in [6, 6.07) is 60.7. The van der Waals surface area contributed by atoms with Crippen molar-refractivity contribution in [2.45, 2.75) is 13.8 Å². The van der Waals surface area contributed by atoms with E-state index in [9.17, 15) is 0 Å². The molecule has 0 radical (unpaired) electrons. The summed E-state index contributed by atoms with van der Waals surface area (Å²) in [4.78, 5) is 0. The number of nitrogens with zero attached hydrogens (tertiary/aromatic N) is 2. The van der Waals surface area contributed by atoms with Crippen LogP contribution in [0.1, 0.15) is 13.8 Å². The largest absolute Gasteiger partial charge is 0.456 e. The van der Waals surface area contributed by atoms with E-state index < -0.39 is 0 Å². The molecule has 0 saturated heterocycles. The molecule has 0 saturated carbocycles. The molecule has 12 rings (SSSR count). The fourth-order valence-corrected chi connectivity index (χ4v) is 8.57. The van der Waals surface area contributed by atoms with Crippen LogP contribution in [0, 0.1) is 0 Å². The highest BCUT2D eigenvalue weighted by Gasteiger charge is 2.17. The van der Waals surface area contributed by atoms with Crippen LogP contribution >= 0.6 is 0 Å². The molecule has 0 amide bonds. The van der Waals surface area contributed by atoms with Gasteiger partial charge in [-0.2, -0.15) is 0 Å². The van der Waals surface area contributed by atoms with E-state index >= 15 is 0 Å². The number of hydrogen-bond acceptors (Lipinski definition) is 2. The Hall–Kier alpha value is -7.04. The van der Waals surface area contributed by atoms with Gasteiger partial charge < -0.3 is 18.0 Å². The minimum atomic E-state index is 0.878. The van der Waals surface area contributed by atoms with Crippen molar-refractivity contribution >= 4 is 87.5 Å². The van der Waals surface area contributed by atoms with Gasteiger partial charge >= 0.3 is 0 Å². The van der Waals surface area contributed by atoms with Gasteiger partial charge in [0.2, 0.25) is 0 Å². The maximum atomic E-state index is 6.39. The molecule has 256 valence electrons. The van der Waals surface area contributed by atoms with Crippen LogP contribution < -0.4 is 0 Å². The van der Waals surface area contributed by atoms with Crippen LogP contribution in [0.2, 0.25) is 0 Å². The van der Waals surface area contributed by atoms with Gasteiger partial charge in [-0.1, -0.05) is 98.8 Å². The Kier molecular flexibility index (Phi) is 6.65. The lowest BCUT2D eigenvalue weighted by Crippen LogP contribution is -1.93. The summed E-state index contributed by atoms with van der Waals surface area (Å²) in [5, 5.41) is 9.40. The van der Waals surface area contributed by atoms with Crippen LogP contribution in [0.15, 0.2) is 179 Å². The minimum absolute atomic E-state index is 0.878. The summed E-state index contributed by atoms with van der Waals surface area (Å²) in [7, 11) is 0. The highest BCUT2D eigenvalue weighted by Crippen LogP contribution is 2.40. The standard InChI is InChI=1S/C48H28N2O2.C2H6/c1-5-13-41-33(9-1)34-10-2-6-14-42(34)49(41)31-19-23-47-39(27-31)37-25-29(17-21-45(37)51-47)30-18-22-46-38(26-30)40-28-32(20-24-48(40)52-46)50-43-15-7-3-11-35(43)36-12-4-8-16-44(36)50;1-2/h1-28H;1-2H3. The van der Waals surface area contributed by atoms with Gasteiger partial charge in [-0.05, 0) is 96.1 Å². The van der Waals surface area contributed by atoms with Crippen molar-refractivity contribution in [2.75, 3.05) is 0 Å². The molecule has 4 heterocycles. The van der Waals surface area contributed by atoms with Crippen LogP contribution in [0.5, 0.6) is 0 Å². The van der Waals surface area contributed by atoms with E-state index in [1.54, 1.807) is 0 Å². The van der Waals surface area contributed by atoms with Gasteiger partial charge in [-0.3, -0.25) is 0 Å². The zero-order chi connectivity index (χ0) is 35.9. The van der Waals surface area contributed by atoms with Crippen molar-refractivity contribution in [3.63, 3.8) is 0 Å². The van der Waals surface area contributed by atoms with E-state index in [4.69, 9.17) is 8.83 Å². The molecule has 0 fully saturated rings. The Morgan fingerprint density at radius 2 is 0.593 bits per heavy atom. The number of furan rings is 2. The summed E-state index contributed by atoms with van der Waals surface area (Å²) < 4.78 is 17.5. The van der Waals surface area contributed by atoms with E-state index in [0.29, 0.717) is 0 Å². The normalized spacial score (nSPS) is 11.9. The second-order valence-electron chi connectivity index (χ2n) is 13.7. The number of aromatic nitrogens is 2. The predicted molar refractivity (Wildman–Crippen MR) is 226 cm³/mol. The molecule has 8 aromatic carbocycles. The monoisotopic (exact) mass is 694 g/mol. The SMILES string of the molecule is CC.c1ccc2c(c1)c1ccccc1n2-c1ccc2oc3ccc(-c4ccc5oc6ccc(-n7c8ccccc8c8ccccc87)cc6c5c4)cc3c2c1. The van der Waals surface area contributed by atoms with Gasteiger partial charge in [0.1, 0.15) is 22.3 Å². The molecule has 0 aliphatic rings. The van der Waals surface area contributed by atoms with Crippen molar-refractivity contribution in [1.29, 1.82) is 0 Å². The first kappa shape index (κ1) is 30.6. The second kappa shape index (κ2) is 11.7. The molecule has 0 N–H and O–H groups in total. The van der Waals surface area contributed by atoms with Gasteiger partial charge in [-0.25, -0.2) is 0 Å². The molecule has 0 spiro atoms. The molecule has 0 unspecified atom stereocenters. The maximum Gasteiger partial charge on any atom is 0.135 e. The Morgan fingerprint density at radius 1 is 0.296 bits per heavy atom. The first-order chi connectivity index (χ1) is 26.8. The topological polar surface area (TPSA) is 36.1 Å². The van der Waals surface area contributed by atoms with Crippen LogP contribution in [0.4, 0.5) is 0 Å². The van der Waals surface area contributed by atoms with Crippen LogP contribution in [0.3, 0.4) is 0 Å². The number of benzene rings is 8. The molecular formula is C50H34N2O2. The van der Waals surface area contributed by atoms with E-state index in [2.05, 4.69) is 179 Å². The molecule has 4 nitrogen and oxygen atoms in total. The average molecular weight is 695 g/mol. The summed E-state index contributed by atoms with van der Waals surface area (Å²) in [6.07, 6.45) is 0. The van der Waals surface area contributed by atoms with Gasteiger partial charge in [0.05, 0.1) is 22.1 Å². The van der Waals surface area contributed by atoms with E-state index in [-0.39, 0.29) is 0 Å². The Morgan fingerprint density at radius 3 is 0.944 bits per heavy atom. The molecule has 0 aliphatic carbocycles. The van der Waals surface area contributed by atoms with Gasteiger partial charge in [0, 0.05) is 54.5 Å². The lowest BCUT2D eigenvalue weighted by atomic mass is 10.0. The summed E-state index contributed by atoms with van der Waals surface area (Å²) in [6.45, 7) is 4.00. The van der Waals surface area contributed by atoms with Crippen molar-refractivity contribution in [3.8, 4) is 22.5 Å². The predicted octanol–water partition coefficient (Wildman–Crippen LogP) is 14.4. The van der Waals surface area contributed by atoms with Crippen molar-refractivity contribution in [2.24, 2.45) is 0 Å². The third-order valence-corrected chi connectivity index (χ3v) is 10.9. The van der Waals surface area contributed by atoms with Crippen molar-refractivity contribution in [1.82, 2.24) is 9.13 Å². The minimum Gasteiger partial charge on any atom is -0.456 e. The summed E-state index contributed by atoms with van der Waals surface area (Å²) in [5.74, 6) is 0. The molecule has 12 aromatic rings. The van der Waals surface area contributed by atoms with Gasteiger partial charge in [-0.15, -0.1) is 0 Å². The van der Waals surface area contributed by atoms with E-state index in [1.165, 1.54) is 43.6 Å². The van der Waals surface area contributed by atoms with Crippen LogP contribution in [-0.2, 0) is 0 Å². The lowest BCUT2D eigenvalue weighted by Gasteiger charge is -2.08. The molecule has 0 atom stereocenters. The fraction of sp³-hybridized carbons (Fsp3) is 0.0400. The van der Waals surface area contributed by atoms with Crippen molar-refractivity contribution in [3.05, 3.63) is 170 Å². The summed E-state index contributed by atoms with van der Waals surface area (Å²) in [5.41, 5.74) is 12.8. The third kappa shape index (κ3) is 4.37. The van der Waals surface area contributed by atoms with Crippen molar-refractivity contribution < 1.29 is 8.83 Å². The second-order valence-corrected chi connectivity index (χ2v) is 13.7. The first-order valence-corrected chi connectivity index (χ1v) is 18.7. The number of hydrogen-bond donors (Lipinski definition) is 0. The number of para-hydroxylation sites is 4. The van der Waals surface area contributed by atoms with Crippen LogP contribution in [0.25, 0.3) is 110 Å². The van der Waals surface area contributed by atoms with Gasteiger partial charge in [0.15, 0.2) is 0 Å². The first-order valence-electron chi connectivity index (χ1n) is 18.7. The molecule has 0 bridgehead atoms. The molecule has 54 heavy (non-hydrogen) atoms. The number of fused-ring (bicyclic) bond motifs is 12. The Labute approximate surface area is 310 Å². The quantitative estimate of drug-likeness (QED) is 0.185. The summed E-state index contributed by atoms with van der Waals surface area (Å²) >= 11 is 0. The number of rotatable bonds is 3. The van der Waals surface area contributed by atoms with Crippen LogP contribution in [-0.4, -0.2) is 9.13 Å². The highest BCUT2D eigenvalue weighted by atomic mass is 16.3. The third-order valence-electron chi connectivity index (χ3n) is 10.9. The van der Waals surface area contributed by atoms with Gasteiger partial charge in [0.25, 0.3) is 0 Å². The van der Waals surface area contributed by atoms with E-state index in [0.717, 1.165) is 66.4 Å². The fourth-order valence-electron chi connectivity index (χ4n) is 8.57. The zero-order valence-corrected chi connectivity index (χ0v) is 29.9. The highest BCUT2D eigenvalue weighted by molar-refractivity contribution is 6.13. The molecular weight excluding hydrogens is 661 g/mol. The average Bonchev–Trinajstić information content (AvgIpc) is 3.98. The zero-order valence-electron chi connectivity index (χ0n) is 29.9. The lowest BCUT2D eigenvalue weighted by molar-refractivity contribution is 0.668. The smallest absolute Gasteiger partial charge is 0.135 e. The Bertz CT molecular complexity index is 3090. The Balaban J connectivity index is 0.00000168. The molecule has 0 aliphatic heterocycles. The molecule has 4 heteroatoms.